The number of amides is 1. The summed E-state index contributed by atoms with van der Waals surface area (Å²) in [5.74, 6) is -2.10. The highest BCUT2D eigenvalue weighted by Gasteiger charge is 2.39. The van der Waals surface area contributed by atoms with Gasteiger partial charge >= 0.3 is 5.97 Å². The van der Waals surface area contributed by atoms with E-state index in [0.717, 1.165) is 6.92 Å². The summed E-state index contributed by atoms with van der Waals surface area (Å²) >= 11 is 5.73. The van der Waals surface area contributed by atoms with Crippen LogP contribution in [0.3, 0.4) is 0 Å². The summed E-state index contributed by atoms with van der Waals surface area (Å²) in [5.41, 5.74) is -1.58. The fourth-order valence-electron chi connectivity index (χ4n) is 2.43. The van der Waals surface area contributed by atoms with Crippen molar-refractivity contribution < 1.29 is 37.1 Å². The summed E-state index contributed by atoms with van der Waals surface area (Å²) in [4.78, 5) is 35.8. The van der Waals surface area contributed by atoms with Gasteiger partial charge in [-0.05, 0) is 29.6 Å². The molecule has 2 aromatic rings. The molecule has 0 bridgehead atoms. The molecule has 3 rings (SSSR count). The zero-order valence-corrected chi connectivity index (χ0v) is 17.2. The first kappa shape index (κ1) is 24.9. The number of hydrogen-bond donors (Lipinski definition) is 1. The van der Waals surface area contributed by atoms with Crippen molar-refractivity contribution in [2.75, 3.05) is 25.2 Å². The molecule has 0 fully saturated rings. The van der Waals surface area contributed by atoms with Gasteiger partial charge in [0.15, 0.2) is 11.4 Å². The summed E-state index contributed by atoms with van der Waals surface area (Å²) in [5, 5.41) is 1.66. The van der Waals surface area contributed by atoms with Gasteiger partial charge in [0.05, 0.1) is 17.3 Å². The number of nitrogens with zero attached hydrogens (tertiary/aromatic N) is 4. The van der Waals surface area contributed by atoms with Gasteiger partial charge in [-0.25, -0.2) is 24.1 Å². The van der Waals surface area contributed by atoms with Crippen molar-refractivity contribution in [2.24, 2.45) is 4.99 Å². The summed E-state index contributed by atoms with van der Waals surface area (Å²) in [7, 11) is 0. The molecule has 0 spiro atoms. The van der Waals surface area contributed by atoms with Crippen LogP contribution in [0.5, 0.6) is 0 Å². The maximum atomic E-state index is 13.8. The quantitative estimate of drug-likeness (QED) is 0.531. The van der Waals surface area contributed by atoms with E-state index in [-0.39, 0.29) is 23.8 Å². The van der Waals surface area contributed by atoms with Crippen LogP contribution in [-0.4, -0.2) is 52.9 Å². The highest BCUT2D eigenvalue weighted by molar-refractivity contribution is 6.30. The van der Waals surface area contributed by atoms with Gasteiger partial charge in [-0.2, -0.15) is 0 Å². The molecule has 1 unspecified atom stereocenters. The SMILES string of the molecule is CC(=O)OF.O=C(Nc1cccc(C2(CF)COCC(N(F)F)=N2)n1)c1ccc(Cl)cn1. The van der Waals surface area contributed by atoms with Gasteiger partial charge in [0, 0.05) is 17.6 Å². The number of ether oxygens (including phenoxy) is 1. The van der Waals surface area contributed by atoms with E-state index in [9.17, 15) is 27.5 Å². The van der Waals surface area contributed by atoms with Crippen molar-refractivity contribution in [1.82, 2.24) is 15.3 Å². The molecule has 0 saturated heterocycles. The van der Waals surface area contributed by atoms with Crippen molar-refractivity contribution in [1.29, 1.82) is 0 Å². The lowest BCUT2D eigenvalue weighted by Crippen LogP contribution is -2.42. The Bertz CT molecular complexity index is 980. The van der Waals surface area contributed by atoms with Crippen LogP contribution in [0.1, 0.15) is 23.1 Å². The highest BCUT2D eigenvalue weighted by Crippen LogP contribution is 2.30. The normalized spacial score (nSPS) is 17.4. The number of hydrogen-bond acceptors (Lipinski definition) is 8. The van der Waals surface area contributed by atoms with Crippen molar-refractivity contribution >= 4 is 35.1 Å². The molecule has 14 heteroatoms. The van der Waals surface area contributed by atoms with Crippen LogP contribution in [0.2, 0.25) is 5.02 Å². The minimum absolute atomic E-state index is 0.0471. The molecular formula is C18H16ClF4N5O4. The Morgan fingerprint density at radius 2 is 2.03 bits per heavy atom. The van der Waals surface area contributed by atoms with E-state index in [1.807, 2.05) is 0 Å². The largest absolute Gasteiger partial charge is 0.370 e. The second kappa shape index (κ2) is 11.3. The number of halogens is 5. The molecular weight excluding hydrogens is 462 g/mol. The molecule has 1 aliphatic rings. The van der Waals surface area contributed by atoms with E-state index in [1.54, 1.807) is 0 Å². The number of anilines is 1. The predicted octanol–water partition coefficient (Wildman–Crippen LogP) is 3.48. The third-order valence-corrected chi connectivity index (χ3v) is 4.09. The van der Waals surface area contributed by atoms with Gasteiger partial charge in [0.2, 0.25) is 0 Å². The number of rotatable bonds is 4. The molecule has 172 valence electrons. The Hall–Kier alpha value is -3.32. The molecule has 1 N–H and O–H groups in total. The molecule has 1 atom stereocenters. The molecule has 9 nitrogen and oxygen atoms in total. The van der Waals surface area contributed by atoms with Crippen molar-refractivity contribution in [3.8, 4) is 0 Å². The van der Waals surface area contributed by atoms with E-state index >= 15 is 0 Å². The summed E-state index contributed by atoms with van der Waals surface area (Å²) < 4.78 is 54.7. The van der Waals surface area contributed by atoms with Gasteiger partial charge in [0.1, 0.15) is 24.8 Å². The highest BCUT2D eigenvalue weighted by atomic mass is 35.5. The summed E-state index contributed by atoms with van der Waals surface area (Å²) in [6.45, 7) is -0.815. The van der Waals surface area contributed by atoms with Crippen molar-refractivity contribution in [3.05, 3.63) is 52.9 Å². The Morgan fingerprint density at radius 1 is 1.31 bits per heavy atom. The number of aromatic nitrogens is 2. The average Bonchev–Trinajstić information content (AvgIpc) is 2.80. The van der Waals surface area contributed by atoms with E-state index in [4.69, 9.17) is 16.3 Å². The summed E-state index contributed by atoms with van der Waals surface area (Å²) in [6, 6.07) is 7.31. The average molecular weight is 478 g/mol. The van der Waals surface area contributed by atoms with Crippen molar-refractivity contribution in [2.45, 2.75) is 12.5 Å². The third kappa shape index (κ3) is 6.59. The maximum absolute atomic E-state index is 13.8. The number of pyridine rings is 2. The Morgan fingerprint density at radius 3 is 2.59 bits per heavy atom. The lowest BCUT2D eigenvalue weighted by molar-refractivity contribution is -0.180. The Labute approximate surface area is 183 Å². The van der Waals surface area contributed by atoms with Crippen LogP contribution >= 0.6 is 11.6 Å². The fourth-order valence-corrected chi connectivity index (χ4v) is 2.54. The number of aliphatic imine (C=N–C) groups is 1. The fraction of sp³-hybridized carbons (Fsp3) is 0.278. The molecule has 2 aromatic heterocycles. The molecule has 0 aromatic carbocycles. The van der Waals surface area contributed by atoms with Crippen LogP contribution in [0.15, 0.2) is 41.5 Å². The van der Waals surface area contributed by atoms with Gasteiger partial charge in [-0.15, -0.1) is 0 Å². The smallest absolute Gasteiger partial charge is 0.345 e. The van der Waals surface area contributed by atoms with Crippen LogP contribution in [-0.2, 0) is 20.0 Å². The first-order chi connectivity index (χ1) is 15.2. The molecule has 1 aliphatic heterocycles. The molecule has 0 radical (unpaired) electrons. The van der Waals surface area contributed by atoms with Gasteiger partial charge < -0.3 is 10.1 Å². The van der Waals surface area contributed by atoms with Crippen LogP contribution in [0, 0.1) is 0 Å². The van der Waals surface area contributed by atoms with Crippen LogP contribution < -0.4 is 5.32 Å². The lowest BCUT2D eigenvalue weighted by atomic mass is 9.97. The number of alkyl halides is 1. The van der Waals surface area contributed by atoms with E-state index < -0.39 is 41.9 Å². The number of carbonyl (C=O) groups is 2. The molecule has 32 heavy (non-hydrogen) atoms. The minimum Gasteiger partial charge on any atom is -0.370 e. The van der Waals surface area contributed by atoms with Gasteiger partial charge in [-0.1, -0.05) is 26.6 Å². The molecule has 1 amide bonds. The van der Waals surface area contributed by atoms with Crippen LogP contribution in [0.25, 0.3) is 0 Å². The van der Waals surface area contributed by atoms with E-state index in [1.165, 1.54) is 36.5 Å². The standard InChI is InChI=1S/C16H13ClF3N5O2.C2H3FO2/c17-10-4-5-11(21-6-10)15(26)23-13-3-1-2-12(22-13)16(8-18)9-27-7-14(24-16)25(19)20;1-2(4)5-3/h1-6H,7-9H2,(H,22,23,26);1H3. The first-order valence-electron chi connectivity index (χ1n) is 8.74. The monoisotopic (exact) mass is 477 g/mol. The Balaban J connectivity index is 0.000000654. The lowest BCUT2D eigenvalue weighted by Gasteiger charge is -2.31. The molecule has 0 aliphatic carbocycles. The van der Waals surface area contributed by atoms with Gasteiger partial charge in [-0.3, -0.25) is 9.74 Å². The van der Waals surface area contributed by atoms with Crippen molar-refractivity contribution in [3.63, 3.8) is 0 Å². The molecule has 0 saturated carbocycles. The Kier molecular flexibility index (Phi) is 8.84. The second-order valence-corrected chi connectivity index (χ2v) is 6.65. The first-order valence-corrected chi connectivity index (χ1v) is 9.12. The number of amidine groups is 1. The summed E-state index contributed by atoms with van der Waals surface area (Å²) in [6.07, 6.45) is 1.31. The van der Waals surface area contributed by atoms with E-state index in [2.05, 4.69) is 25.2 Å². The predicted molar refractivity (Wildman–Crippen MR) is 104 cm³/mol. The van der Waals surface area contributed by atoms with Gasteiger partial charge in [0.25, 0.3) is 5.91 Å². The van der Waals surface area contributed by atoms with Crippen LogP contribution in [0.4, 0.5) is 23.7 Å². The number of carbonyl (C=O) groups excluding carboxylic acids is 2. The zero-order chi connectivity index (χ0) is 23.7. The molecule has 3 heterocycles. The zero-order valence-electron chi connectivity index (χ0n) is 16.4. The van der Waals surface area contributed by atoms with E-state index in [0.29, 0.717) is 5.02 Å². The third-order valence-electron chi connectivity index (χ3n) is 3.87. The minimum atomic E-state index is -1.72. The second-order valence-electron chi connectivity index (χ2n) is 6.21. The number of nitrogens with one attached hydrogen (secondary N) is 1. The topological polar surface area (TPSA) is 106 Å². The maximum Gasteiger partial charge on any atom is 0.345 e.